The van der Waals surface area contributed by atoms with E-state index in [9.17, 15) is 13.2 Å². The highest BCUT2D eigenvalue weighted by Gasteiger charge is 2.29. The van der Waals surface area contributed by atoms with E-state index in [1.54, 1.807) is 18.0 Å². The molecule has 28 heavy (non-hydrogen) atoms. The second-order valence-corrected chi connectivity index (χ2v) is 8.93. The lowest BCUT2D eigenvalue weighted by Gasteiger charge is -2.23. The van der Waals surface area contributed by atoms with Crippen molar-refractivity contribution in [3.05, 3.63) is 46.6 Å². The number of benzene rings is 1. The topological polar surface area (TPSA) is 85.8 Å². The predicted molar refractivity (Wildman–Crippen MR) is 105 cm³/mol. The lowest BCUT2D eigenvalue weighted by atomic mass is 10.1. The second-order valence-electron chi connectivity index (χ2n) is 6.54. The number of pyridine rings is 1. The maximum Gasteiger partial charge on any atom is 0.259 e. The summed E-state index contributed by atoms with van der Waals surface area (Å²) in [7, 11) is -0.681. The number of hydrogen-bond acceptors (Lipinski definition) is 6. The summed E-state index contributed by atoms with van der Waals surface area (Å²) in [6.07, 6.45) is 2.15. The van der Waals surface area contributed by atoms with Crippen LogP contribution in [-0.4, -0.2) is 51.0 Å². The van der Waals surface area contributed by atoms with Gasteiger partial charge in [-0.3, -0.25) is 4.79 Å². The zero-order chi connectivity index (χ0) is 20.5. The van der Waals surface area contributed by atoms with Crippen LogP contribution in [-0.2, 0) is 15.6 Å². The number of fused-ring (bicyclic) bond motifs is 1. The maximum atomic E-state index is 12.9. The van der Waals surface area contributed by atoms with Gasteiger partial charge >= 0.3 is 0 Å². The lowest BCUT2D eigenvalue weighted by molar-refractivity contribution is 0.0711. The van der Waals surface area contributed by atoms with Gasteiger partial charge in [-0.15, -0.1) is 0 Å². The van der Waals surface area contributed by atoms with Gasteiger partial charge in [-0.1, -0.05) is 18.5 Å². The summed E-state index contributed by atoms with van der Waals surface area (Å²) in [5.74, 6) is -0.171. The fourth-order valence-corrected chi connectivity index (χ4v) is 4.82. The van der Waals surface area contributed by atoms with Gasteiger partial charge < -0.3 is 14.4 Å². The van der Waals surface area contributed by atoms with E-state index in [-0.39, 0.29) is 44.8 Å². The quantitative estimate of drug-likeness (QED) is 0.733. The number of ether oxygens (including phenoxy) is 2. The van der Waals surface area contributed by atoms with Crippen molar-refractivity contribution >= 4 is 27.3 Å². The molecule has 0 fully saturated rings. The van der Waals surface area contributed by atoms with Crippen molar-refractivity contribution in [2.45, 2.75) is 30.0 Å². The molecule has 1 aliphatic rings. The third-order valence-corrected chi connectivity index (χ3v) is 6.64. The summed E-state index contributed by atoms with van der Waals surface area (Å²) in [6.45, 7) is 2.31. The van der Waals surface area contributed by atoms with Crippen LogP contribution in [0.25, 0.3) is 0 Å². The van der Waals surface area contributed by atoms with Crippen LogP contribution in [0, 0.1) is 0 Å². The summed E-state index contributed by atoms with van der Waals surface area (Å²) in [5.41, 5.74) is 0.630. The minimum absolute atomic E-state index is 0.0109. The summed E-state index contributed by atoms with van der Waals surface area (Å²) < 4.78 is 36.6. The first kappa shape index (κ1) is 20.4. The zero-order valence-corrected chi connectivity index (χ0v) is 17.4. The monoisotopic (exact) mass is 424 g/mol. The van der Waals surface area contributed by atoms with Crippen molar-refractivity contribution in [1.29, 1.82) is 0 Å². The van der Waals surface area contributed by atoms with E-state index in [1.165, 1.54) is 31.5 Å². The van der Waals surface area contributed by atoms with Crippen LogP contribution in [0.1, 0.15) is 29.3 Å². The van der Waals surface area contributed by atoms with Crippen molar-refractivity contribution in [3.63, 3.8) is 0 Å². The normalized spacial score (nSPS) is 16.9. The van der Waals surface area contributed by atoms with Gasteiger partial charge in [-0.25, -0.2) is 13.4 Å². The molecule has 2 heterocycles. The molecule has 0 saturated heterocycles. The Bertz CT molecular complexity index is 1010. The summed E-state index contributed by atoms with van der Waals surface area (Å²) >= 11 is 5.96. The molecule has 1 aromatic heterocycles. The van der Waals surface area contributed by atoms with Crippen LogP contribution in [0.5, 0.6) is 11.6 Å². The first-order chi connectivity index (χ1) is 13.3. The van der Waals surface area contributed by atoms with Gasteiger partial charge in [-0.2, -0.15) is 0 Å². The molecule has 1 amide bonds. The van der Waals surface area contributed by atoms with Crippen molar-refractivity contribution in [1.82, 2.24) is 9.88 Å². The zero-order valence-electron chi connectivity index (χ0n) is 15.8. The summed E-state index contributed by atoms with van der Waals surface area (Å²) in [4.78, 5) is 18.5. The van der Waals surface area contributed by atoms with Crippen molar-refractivity contribution in [3.8, 4) is 11.6 Å². The number of carbonyl (C=O) groups excluding carboxylic acids is 1. The third-order valence-electron chi connectivity index (χ3n) is 4.71. The van der Waals surface area contributed by atoms with E-state index >= 15 is 0 Å². The van der Waals surface area contributed by atoms with Crippen LogP contribution in [0.3, 0.4) is 0 Å². The Kier molecular flexibility index (Phi) is 5.81. The molecule has 3 rings (SSSR count). The first-order valence-corrected chi connectivity index (χ1v) is 10.7. The van der Waals surface area contributed by atoms with E-state index < -0.39 is 9.84 Å². The van der Waals surface area contributed by atoms with Gasteiger partial charge in [0.05, 0.1) is 18.9 Å². The van der Waals surface area contributed by atoms with Gasteiger partial charge in [-0.05, 0) is 36.2 Å². The van der Waals surface area contributed by atoms with Gasteiger partial charge in [0.2, 0.25) is 5.88 Å². The average molecular weight is 425 g/mol. The molecule has 150 valence electrons. The summed E-state index contributed by atoms with van der Waals surface area (Å²) in [6, 6.07) is 5.86. The van der Waals surface area contributed by atoms with Gasteiger partial charge in [0.15, 0.2) is 9.84 Å². The fraction of sp³-hybridized carbons (Fsp3) is 0.368. The lowest BCUT2D eigenvalue weighted by Crippen LogP contribution is -2.38. The fourth-order valence-electron chi connectivity index (χ4n) is 3.07. The average Bonchev–Trinajstić information content (AvgIpc) is 2.78. The standard InChI is InChI=1S/C19H21ClN2O5S/c1-4-14-10-27-18-15(19(23)22(14)2)7-12(9-21-18)11-28(24,25)17-8-13(20)5-6-16(17)26-3/h5-9,14H,4,10-11H2,1-3H3/t14-/m0/s1. The number of halogens is 1. The number of hydrogen-bond donors (Lipinski definition) is 0. The predicted octanol–water partition coefficient (Wildman–Crippen LogP) is 2.96. The summed E-state index contributed by atoms with van der Waals surface area (Å²) in [5, 5.41) is 0.287. The van der Waals surface area contributed by atoms with Crippen molar-refractivity contribution in [2.24, 2.45) is 0 Å². The number of rotatable bonds is 5. The Morgan fingerprint density at radius 3 is 2.79 bits per heavy atom. The molecule has 0 aliphatic carbocycles. The van der Waals surface area contributed by atoms with Crippen LogP contribution < -0.4 is 9.47 Å². The second kappa shape index (κ2) is 7.97. The third kappa shape index (κ3) is 3.93. The molecule has 0 saturated carbocycles. The van der Waals surface area contributed by atoms with Gasteiger partial charge in [0.1, 0.15) is 22.8 Å². The highest BCUT2D eigenvalue weighted by Crippen LogP contribution is 2.31. The number of nitrogens with zero attached hydrogens (tertiary/aromatic N) is 2. The molecule has 0 N–H and O–H groups in total. The largest absolute Gasteiger partial charge is 0.495 e. The number of likely N-dealkylation sites (N-methyl/N-ethyl adjacent to an activating group) is 1. The molecule has 2 aromatic rings. The molecule has 0 bridgehead atoms. The Labute approximate surface area is 169 Å². The van der Waals surface area contributed by atoms with Gasteiger partial charge in [0.25, 0.3) is 5.91 Å². The Morgan fingerprint density at radius 2 is 2.11 bits per heavy atom. The molecule has 0 unspecified atom stereocenters. The van der Waals surface area contributed by atoms with Crippen LogP contribution in [0.15, 0.2) is 35.4 Å². The van der Waals surface area contributed by atoms with Crippen molar-refractivity contribution in [2.75, 3.05) is 20.8 Å². The van der Waals surface area contributed by atoms with Crippen LogP contribution in [0.2, 0.25) is 5.02 Å². The Balaban J connectivity index is 1.96. The number of methoxy groups -OCH3 is 1. The molecule has 9 heteroatoms. The smallest absolute Gasteiger partial charge is 0.259 e. The molecule has 1 atom stereocenters. The highest BCUT2D eigenvalue weighted by molar-refractivity contribution is 7.90. The first-order valence-electron chi connectivity index (χ1n) is 8.72. The molecular formula is C19H21ClN2O5S. The number of amides is 1. The van der Waals surface area contributed by atoms with Crippen molar-refractivity contribution < 1.29 is 22.7 Å². The number of sulfone groups is 1. The molecule has 0 spiro atoms. The Hall–Kier alpha value is -2.32. The SMILES string of the molecule is CC[C@H]1COc2ncc(CS(=O)(=O)c3cc(Cl)ccc3OC)cc2C(=O)N1C. The molecular weight excluding hydrogens is 404 g/mol. The van der Waals surface area contributed by atoms with E-state index in [1.807, 2.05) is 6.92 Å². The van der Waals surface area contributed by atoms with E-state index in [0.717, 1.165) is 6.42 Å². The van der Waals surface area contributed by atoms with Gasteiger partial charge in [0, 0.05) is 18.3 Å². The van der Waals surface area contributed by atoms with Crippen LogP contribution >= 0.6 is 11.6 Å². The molecule has 1 aromatic carbocycles. The van der Waals surface area contributed by atoms with E-state index in [2.05, 4.69) is 4.98 Å². The molecule has 7 nitrogen and oxygen atoms in total. The minimum Gasteiger partial charge on any atom is -0.495 e. The number of aromatic nitrogens is 1. The maximum absolute atomic E-state index is 12.9. The Morgan fingerprint density at radius 1 is 1.36 bits per heavy atom. The molecule has 0 radical (unpaired) electrons. The highest BCUT2D eigenvalue weighted by atomic mass is 35.5. The molecule has 1 aliphatic heterocycles. The minimum atomic E-state index is -3.78. The van der Waals surface area contributed by atoms with E-state index in [0.29, 0.717) is 12.2 Å². The van der Waals surface area contributed by atoms with E-state index in [4.69, 9.17) is 21.1 Å². The van der Waals surface area contributed by atoms with Crippen LogP contribution in [0.4, 0.5) is 0 Å². The number of carbonyl (C=O) groups is 1.